The number of carbonyl (C=O) groups is 1. The molecule has 1 saturated heterocycles. The Morgan fingerprint density at radius 1 is 0.926 bits per heavy atom. The second-order valence-corrected chi connectivity index (χ2v) is 9.51. The number of amides is 1. The number of hydrogen-bond acceptors (Lipinski definition) is 2. The summed E-state index contributed by atoms with van der Waals surface area (Å²) < 4.78 is 26.5. The Bertz CT molecular complexity index is 707. The van der Waals surface area contributed by atoms with Gasteiger partial charge in [0.25, 0.3) is 0 Å². The molecule has 0 radical (unpaired) electrons. The fourth-order valence-corrected chi connectivity index (χ4v) is 6.71. The zero-order chi connectivity index (χ0) is 18.6. The fourth-order valence-electron chi connectivity index (χ4n) is 6.71. The third-order valence-electron chi connectivity index (χ3n) is 7.54. The first-order valence-electron chi connectivity index (χ1n) is 10.5. The summed E-state index contributed by atoms with van der Waals surface area (Å²) in [6.07, 6.45) is 7.42. The van der Waals surface area contributed by atoms with Crippen LogP contribution in [0.4, 0.5) is 8.78 Å². The lowest BCUT2D eigenvalue weighted by Crippen LogP contribution is -2.58. The maximum atomic E-state index is 13.4. The van der Waals surface area contributed by atoms with Gasteiger partial charge in [-0.1, -0.05) is 6.07 Å². The monoisotopic (exact) mass is 374 g/mol. The van der Waals surface area contributed by atoms with Crippen molar-refractivity contribution in [3.63, 3.8) is 0 Å². The highest BCUT2D eigenvalue weighted by Gasteiger charge is 2.55. The zero-order valence-electron chi connectivity index (χ0n) is 15.8. The van der Waals surface area contributed by atoms with Gasteiger partial charge in [-0.25, -0.2) is 8.78 Å². The van der Waals surface area contributed by atoms with Gasteiger partial charge in [0.2, 0.25) is 5.91 Å². The van der Waals surface area contributed by atoms with Crippen LogP contribution in [0.5, 0.6) is 0 Å². The molecular weight excluding hydrogens is 346 g/mol. The number of hydrogen-bond donors (Lipinski definition) is 0. The number of rotatable bonds is 3. The van der Waals surface area contributed by atoms with Gasteiger partial charge in [0.15, 0.2) is 11.6 Å². The molecule has 0 spiro atoms. The molecule has 5 fully saturated rings. The lowest BCUT2D eigenvalue weighted by molar-refractivity contribution is -0.159. The van der Waals surface area contributed by atoms with Crippen molar-refractivity contribution in [1.82, 2.24) is 9.80 Å². The predicted octanol–water partition coefficient (Wildman–Crippen LogP) is 3.83. The minimum atomic E-state index is -0.801. The first kappa shape index (κ1) is 17.6. The Balaban J connectivity index is 1.20. The summed E-state index contributed by atoms with van der Waals surface area (Å²) in [7, 11) is 0. The van der Waals surface area contributed by atoms with Crippen LogP contribution < -0.4 is 0 Å². The second-order valence-electron chi connectivity index (χ2n) is 9.51. The molecule has 0 N–H and O–H groups in total. The van der Waals surface area contributed by atoms with Crippen LogP contribution in [0.3, 0.4) is 0 Å². The molecular formula is C22H28F2N2O. The van der Waals surface area contributed by atoms with Crippen LogP contribution in [0.2, 0.25) is 0 Å². The van der Waals surface area contributed by atoms with Gasteiger partial charge in [0.05, 0.1) is 5.41 Å². The Labute approximate surface area is 159 Å². The molecule has 4 bridgehead atoms. The van der Waals surface area contributed by atoms with Crippen molar-refractivity contribution in [1.29, 1.82) is 0 Å². The van der Waals surface area contributed by atoms with Gasteiger partial charge in [-0.2, -0.15) is 0 Å². The van der Waals surface area contributed by atoms with Crippen molar-refractivity contribution >= 4 is 5.91 Å². The minimum Gasteiger partial charge on any atom is -0.340 e. The highest BCUT2D eigenvalue weighted by molar-refractivity contribution is 5.83. The number of halogens is 2. The normalized spacial score (nSPS) is 35.6. The number of piperazine rings is 1. The lowest BCUT2D eigenvalue weighted by Gasteiger charge is -2.57. The Hall–Kier alpha value is -1.49. The molecule has 1 aromatic carbocycles. The van der Waals surface area contributed by atoms with E-state index >= 15 is 0 Å². The van der Waals surface area contributed by atoms with Crippen molar-refractivity contribution in [2.75, 3.05) is 26.2 Å². The van der Waals surface area contributed by atoms with Crippen molar-refractivity contribution in [3.8, 4) is 0 Å². The number of nitrogens with zero attached hydrogens (tertiary/aromatic N) is 2. The molecule has 1 amide bonds. The van der Waals surface area contributed by atoms with E-state index < -0.39 is 11.6 Å². The van der Waals surface area contributed by atoms with Crippen LogP contribution in [0.15, 0.2) is 18.2 Å². The summed E-state index contributed by atoms with van der Waals surface area (Å²) in [4.78, 5) is 17.7. The molecule has 0 aromatic heterocycles. The van der Waals surface area contributed by atoms with Gasteiger partial charge in [-0.05, 0) is 74.0 Å². The SMILES string of the molecule is O=C(N1CCN(Cc2ccc(F)c(F)c2)CC1)C12CC3CC(CC(C3)C1)C2. The van der Waals surface area contributed by atoms with E-state index in [9.17, 15) is 13.6 Å². The van der Waals surface area contributed by atoms with Crippen LogP contribution in [0.25, 0.3) is 0 Å². The summed E-state index contributed by atoms with van der Waals surface area (Å²) in [5.74, 6) is 1.18. The van der Waals surface area contributed by atoms with Crippen molar-refractivity contribution in [2.24, 2.45) is 23.2 Å². The van der Waals surface area contributed by atoms with Crippen LogP contribution in [-0.2, 0) is 11.3 Å². The van der Waals surface area contributed by atoms with Gasteiger partial charge in [-0.3, -0.25) is 9.69 Å². The van der Waals surface area contributed by atoms with Crippen molar-refractivity contribution in [3.05, 3.63) is 35.4 Å². The first-order chi connectivity index (χ1) is 13.0. The van der Waals surface area contributed by atoms with Crippen LogP contribution in [0.1, 0.15) is 44.1 Å². The van der Waals surface area contributed by atoms with Gasteiger partial charge in [0.1, 0.15) is 0 Å². The summed E-state index contributed by atoms with van der Waals surface area (Å²) >= 11 is 0. The van der Waals surface area contributed by atoms with E-state index in [0.717, 1.165) is 68.8 Å². The van der Waals surface area contributed by atoms with Gasteiger partial charge in [0, 0.05) is 32.7 Å². The van der Waals surface area contributed by atoms with Crippen molar-refractivity contribution < 1.29 is 13.6 Å². The number of carbonyl (C=O) groups excluding carboxylic acids is 1. The van der Waals surface area contributed by atoms with E-state index in [4.69, 9.17) is 0 Å². The minimum absolute atomic E-state index is 0.0585. The van der Waals surface area contributed by atoms with E-state index in [2.05, 4.69) is 9.80 Å². The van der Waals surface area contributed by atoms with Gasteiger partial charge < -0.3 is 4.90 Å². The molecule has 4 saturated carbocycles. The van der Waals surface area contributed by atoms with E-state index in [1.54, 1.807) is 6.07 Å². The Morgan fingerprint density at radius 2 is 1.52 bits per heavy atom. The van der Waals surface area contributed by atoms with Crippen LogP contribution in [0, 0.1) is 34.8 Å². The Morgan fingerprint density at radius 3 is 2.07 bits per heavy atom. The lowest BCUT2D eigenvalue weighted by atomic mass is 9.49. The molecule has 0 atom stereocenters. The average Bonchev–Trinajstić information content (AvgIpc) is 2.64. The topological polar surface area (TPSA) is 23.6 Å². The smallest absolute Gasteiger partial charge is 0.228 e. The fraction of sp³-hybridized carbons (Fsp3) is 0.682. The molecule has 146 valence electrons. The molecule has 6 rings (SSSR count). The summed E-state index contributed by atoms with van der Waals surface area (Å²) in [6.45, 7) is 3.72. The molecule has 0 unspecified atom stereocenters. The molecule has 27 heavy (non-hydrogen) atoms. The van der Waals surface area contributed by atoms with E-state index in [1.165, 1.54) is 31.4 Å². The highest BCUT2D eigenvalue weighted by atomic mass is 19.2. The molecule has 5 aliphatic rings. The number of benzene rings is 1. The predicted molar refractivity (Wildman–Crippen MR) is 98.8 cm³/mol. The summed E-state index contributed by atoms with van der Waals surface area (Å²) in [5.41, 5.74) is 0.728. The maximum absolute atomic E-state index is 13.4. The molecule has 5 heteroatoms. The van der Waals surface area contributed by atoms with Crippen LogP contribution >= 0.6 is 0 Å². The third-order valence-corrected chi connectivity index (χ3v) is 7.54. The first-order valence-corrected chi connectivity index (χ1v) is 10.5. The molecule has 4 aliphatic carbocycles. The van der Waals surface area contributed by atoms with E-state index in [-0.39, 0.29) is 5.41 Å². The Kier molecular flexibility index (Phi) is 4.26. The summed E-state index contributed by atoms with van der Waals surface area (Å²) in [6, 6.07) is 4.12. The molecule has 1 heterocycles. The van der Waals surface area contributed by atoms with E-state index in [1.807, 2.05) is 0 Å². The quantitative estimate of drug-likeness (QED) is 0.803. The van der Waals surface area contributed by atoms with E-state index in [0.29, 0.717) is 12.5 Å². The summed E-state index contributed by atoms with van der Waals surface area (Å²) in [5, 5.41) is 0. The average molecular weight is 374 g/mol. The zero-order valence-corrected chi connectivity index (χ0v) is 15.8. The van der Waals surface area contributed by atoms with Gasteiger partial charge in [-0.15, -0.1) is 0 Å². The maximum Gasteiger partial charge on any atom is 0.228 e. The van der Waals surface area contributed by atoms with Gasteiger partial charge >= 0.3 is 0 Å². The van der Waals surface area contributed by atoms with Crippen LogP contribution in [-0.4, -0.2) is 41.9 Å². The molecule has 1 aromatic rings. The van der Waals surface area contributed by atoms with Crippen molar-refractivity contribution in [2.45, 2.75) is 45.1 Å². The second kappa shape index (κ2) is 6.54. The largest absolute Gasteiger partial charge is 0.340 e. The third kappa shape index (κ3) is 3.18. The highest BCUT2D eigenvalue weighted by Crippen LogP contribution is 2.60. The molecule has 1 aliphatic heterocycles. The standard InChI is InChI=1S/C22H28F2N2O/c23-19-2-1-15(10-20(19)24)14-25-3-5-26(6-4-25)21(27)22-11-16-7-17(12-22)9-18(8-16)13-22/h1-2,10,16-18H,3-9,11-14H2. The molecule has 3 nitrogen and oxygen atoms in total.